The standard InChI is InChI=1S/C31H36Cl3N3O5S/c1-6-21(4)35-31(39)28(7-2)36(18-24-25(32)9-8-10-26(24)33)30(38)19-37(22-13-16-29(42-5)27(34)17-22)43(40,41)23-14-11-20(3)12-15-23/h8-17,21,28H,6-7,18-19H2,1-5H3,(H,35,39)/t21-,28-/m0/s1. The summed E-state index contributed by atoms with van der Waals surface area (Å²) in [7, 11) is -2.82. The van der Waals surface area contributed by atoms with Gasteiger partial charge in [-0.05, 0) is 69.2 Å². The molecule has 0 unspecified atom stereocenters. The molecule has 0 saturated carbocycles. The minimum atomic E-state index is -4.27. The topological polar surface area (TPSA) is 96.0 Å². The Kier molecular flexibility index (Phi) is 12.2. The van der Waals surface area contributed by atoms with E-state index in [2.05, 4.69) is 5.32 Å². The minimum absolute atomic E-state index is 0.0138. The molecule has 0 heterocycles. The lowest BCUT2D eigenvalue weighted by Crippen LogP contribution is -2.53. The zero-order chi connectivity index (χ0) is 31.9. The van der Waals surface area contributed by atoms with Crippen LogP contribution in [0.3, 0.4) is 0 Å². The highest BCUT2D eigenvalue weighted by atomic mass is 35.5. The number of sulfonamides is 1. The Morgan fingerprint density at radius 1 is 0.930 bits per heavy atom. The van der Waals surface area contributed by atoms with Gasteiger partial charge in [-0.15, -0.1) is 0 Å². The van der Waals surface area contributed by atoms with Crippen LogP contribution in [-0.2, 0) is 26.2 Å². The molecule has 232 valence electrons. The number of hydrogen-bond donors (Lipinski definition) is 1. The van der Waals surface area contributed by atoms with E-state index in [1.54, 1.807) is 37.3 Å². The molecule has 3 aromatic rings. The van der Waals surface area contributed by atoms with Crippen LogP contribution in [0.1, 0.15) is 44.7 Å². The SMILES string of the molecule is CC[C@H](C)NC(=O)[C@H](CC)N(Cc1c(Cl)cccc1Cl)C(=O)CN(c1ccc(OC)c(Cl)c1)S(=O)(=O)c1ccc(C)cc1. The van der Waals surface area contributed by atoms with Gasteiger partial charge in [0.15, 0.2) is 0 Å². The number of rotatable bonds is 13. The first kappa shape index (κ1) is 34.5. The van der Waals surface area contributed by atoms with Crippen LogP contribution in [0.2, 0.25) is 15.1 Å². The second-order valence-corrected chi connectivity index (χ2v) is 13.2. The van der Waals surface area contributed by atoms with Crippen LogP contribution in [-0.4, -0.2) is 50.9 Å². The molecule has 2 amide bonds. The first-order valence-corrected chi connectivity index (χ1v) is 16.4. The number of aryl methyl sites for hydroxylation is 1. The van der Waals surface area contributed by atoms with Crippen molar-refractivity contribution in [3.05, 3.63) is 86.9 Å². The van der Waals surface area contributed by atoms with E-state index >= 15 is 0 Å². The number of anilines is 1. The molecule has 43 heavy (non-hydrogen) atoms. The number of carbonyl (C=O) groups excluding carboxylic acids is 2. The molecule has 0 aliphatic carbocycles. The van der Waals surface area contributed by atoms with Crippen molar-refractivity contribution in [2.45, 2.75) is 64.1 Å². The van der Waals surface area contributed by atoms with Gasteiger partial charge in [0.25, 0.3) is 10.0 Å². The van der Waals surface area contributed by atoms with E-state index in [9.17, 15) is 18.0 Å². The number of nitrogens with one attached hydrogen (secondary N) is 1. The number of amides is 2. The lowest BCUT2D eigenvalue weighted by Gasteiger charge is -2.34. The van der Waals surface area contributed by atoms with Crippen molar-refractivity contribution in [2.75, 3.05) is 18.0 Å². The van der Waals surface area contributed by atoms with E-state index in [0.29, 0.717) is 27.8 Å². The molecule has 2 atom stereocenters. The zero-order valence-electron chi connectivity index (χ0n) is 24.7. The van der Waals surface area contributed by atoms with Gasteiger partial charge in [0.05, 0.1) is 22.7 Å². The number of ether oxygens (including phenoxy) is 1. The lowest BCUT2D eigenvalue weighted by atomic mass is 10.1. The predicted molar refractivity (Wildman–Crippen MR) is 173 cm³/mol. The summed E-state index contributed by atoms with van der Waals surface area (Å²) in [6, 6.07) is 14.6. The predicted octanol–water partition coefficient (Wildman–Crippen LogP) is 6.88. The number of benzene rings is 3. The Balaban J connectivity index is 2.14. The van der Waals surface area contributed by atoms with Crippen molar-refractivity contribution in [1.82, 2.24) is 10.2 Å². The molecule has 0 aliphatic rings. The normalized spacial score (nSPS) is 12.7. The highest BCUT2D eigenvalue weighted by Gasteiger charge is 2.34. The van der Waals surface area contributed by atoms with Crippen molar-refractivity contribution in [3.8, 4) is 5.75 Å². The molecule has 0 saturated heterocycles. The largest absolute Gasteiger partial charge is 0.495 e. The smallest absolute Gasteiger partial charge is 0.264 e. The van der Waals surface area contributed by atoms with Gasteiger partial charge in [0.2, 0.25) is 11.8 Å². The van der Waals surface area contributed by atoms with Gasteiger partial charge in [0, 0.05) is 28.2 Å². The van der Waals surface area contributed by atoms with Crippen LogP contribution in [0.5, 0.6) is 5.75 Å². The quantitative estimate of drug-likeness (QED) is 0.214. The monoisotopic (exact) mass is 667 g/mol. The van der Waals surface area contributed by atoms with Gasteiger partial charge in [-0.1, -0.05) is 72.4 Å². The highest BCUT2D eigenvalue weighted by Crippen LogP contribution is 2.33. The van der Waals surface area contributed by atoms with Crippen LogP contribution in [0.25, 0.3) is 0 Å². The number of carbonyl (C=O) groups is 2. The average molecular weight is 669 g/mol. The molecule has 0 spiro atoms. The van der Waals surface area contributed by atoms with E-state index in [1.165, 1.54) is 42.3 Å². The zero-order valence-corrected chi connectivity index (χ0v) is 27.8. The minimum Gasteiger partial charge on any atom is -0.495 e. The van der Waals surface area contributed by atoms with E-state index in [0.717, 1.165) is 9.87 Å². The van der Waals surface area contributed by atoms with Crippen molar-refractivity contribution >= 4 is 62.3 Å². The number of hydrogen-bond acceptors (Lipinski definition) is 5. The molecular weight excluding hydrogens is 633 g/mol. The number of halogens is 3. The first-order chi connectivity index (χ1) is 20.3. The van der Waals surface area contributed by atoms with Crippen LogP contribution >= 0.6 is 34.8 Å². The van der Waals surface area contributed by atoms with Crippen molar-refractivity contribution < 1.29 is 22.7 Å². The molecule has 8 nitrogen and oxygen atoms in total. The van der Waals surface area contributed by atoms with E-state index in [4.69, 9.17) is 39.5 Å². The summed E-state index contributed by atoms with van der Waals surface area (Å²) < 4.78 is 34.3. The maximum absolute atomic E-state index is 14.3. The third-order valence-corrected chi connectivity index (χ3v) is 9.88. The van der Waals surface area contributed by atoms with Gasteiger partial charge in [-0.2, -0.15) is 0 Å². The molecule has 1 N–H and O–H groups in total. The fraction of sp³-hybridized carbons (Fsp3) is 0.355. The Labute approximate surface area is 268 Å². The summed E-state index contributed by atoms with van der Waals surface area (Å²) in [5.74, 6) is -0.661. The summed E-state index contributed by atoms with van der Waals surface area (Å²) in [5.41, 5.74) is 1.46. The molecule has 0 aromatic heterocycles. The number of nitrogens with zero attached hydrogens (tertiary/aromatic N) is 2. The van der Waals surface area contributed by atoms with E-state index in [1.807, 2.05) is 20.8 Å². The molecule has 12 heteroatoms. The highest BCUT2D eigenvalue weighted by molar-refractivity contribution is 7.92. The van der Waals surface area contributed by atoms with Crippen LogP contribution in [0.4, 0.5) is 5.69 Å². The first-order valence-electron chi connectivity index (χ1n) is 13.8. The van der Waals surface area contributed by atoms with Gasteiger partial charge >= 0.3 is 0 Å². The molecule has 0 radical (unpaired) electrons. The van der Waals surface area contributed by atoms with Crippen LogP contribution < -0.4 is 14.4 Å². The van der Waals surface area contributed by atoms with E-state index in [-0.39, 0.29) is 40.5 Å². The van der Waals surface area contributed by atoms with Gasteiger partial charge < -0.3 is 15.0 Å². The summed E-state index contributed by atoms with van der Waals surface area (Å²) in [5, 5.41) is 3.73. The van der Waals surface area contributed by atoms with Gasteiger partial charge in [-0.25, -0.2) is 8.42 Å². The van der Waals surface area contributed by atoms with Crippen molar-refractivity contribution in [1.29, 1.82) is 0 Å². The summed E-state index contributed by atoms with van der Waals surface area (Å²) in [6.07, 6.45) is 0.947. The lowest BCUT2D eigenvalue weighted by molar-refractivity contribution is -0.140. The van der Waals surface area contributed by atoms with Crippen molar-refractivity contribution in [3.63, 3.8) is 0 Å². The van der Waals surface area contributed by atoms with E-state index < -0.39 is 28.5 Å². The molecule has 0 bridgehead atoms. The second-order valence-electron chi connectivity index (χ2n) is 10.1. The third-order valence-electron chi connectivity index (χ3n) is 7.09. The summed E-state index contributed by atoms with van der Waals surface area (Å²) in [4.78, 5) is 29.0. The average Bonchev–Trinajstić information content (AvgIpc) is 2.97. The molecule has 3 rings (SSSR count). The van der Waals surface area contributed by atoms with Gasteiger partial charge in [-0.3, -0.25) is 13.9 Å². The Hall–Kier alpha value is -2.98. The molecular formula is C31H36Cl3N3O5S. The Morgan fingerprint density at radius 2 is 1.56 bits per heavy atom. The second kappa shape index (κ2) is 15.1. The number of methoxy groups -OCH3 is 1. The third kappa shape index (κ3) is 8.35. The van der Waals surface area contributed by atoms with Crippen LogP contribution in [0.15, 0.2) is 65.6 Å². The Morgan fingerprint density at radius 3 is 2.09 bits per heavy atom. The molecule has 0 fully saturated rings. The van der Waals surface area contributed by atoms with Crippen molar-refractivity contribution in [2.24, 2.45) is 0 Å². The fourth-order valence-electron chi connectivity index (χ4n) is 4.39. The van der Waals surface area contributed by atoms with Crippen LogP contribution in [0, 0.1) is 6.92 Å². The molecule has 3 aromatic carbocycles. The fourth-order valence-corrected chi connectivity index (χ4v) is 6.57. The Bertz CT molecular complexity index is 1530. The maximum atomic E-state index is 14.3. The van der Waals surface area contributed by atoms with Gasteiger partial charge in [0.1, 0.15) is 18.3 Å². The maximum Gasteiger partial charge on any atom is 0.264 e. The summed E-state index contributed by atoms with van der Waals surface area (Å²) >= 11 is 19.3. The molecule has 0 aliphatic heterocycles. The summed E-state index contributed by atoms with van der Waals surface area (Å²) in [6.45, 7) is 6.67.